The number of nitrogens with zero attached hydrogens (tertiary/aromatic N) is 3. The fraction of sp³-hybridized carbons (Fsp3) is 0.438. The summed E-state index contributed by atoms with van der Waals surface area (Å²) in [7, 11) is 0. The lowest BCUT2D eigenvalue weighted by Gasteiger charge is -2.18. The molecule has 0 saturated heterocycles. The van der Waals surface area contributed by atoms with Crippen LogP contribution in [0.3, 0.4) is 0 Å². The Labute approximate surface area is 140 Å². The van der Waals surface area contributed by atoms with Gasteiger partial charge in [0.05, 0.1) is 11.4 Å². The van der Waals surface area contributed by atoms with E-state index in [9.17, 15) is 4.79 Å². The summed E-state index contributed by atoms with van der Waals surface area (Å²) in [6, 6.07) is 5.53. The van der Waals surface area contributed by atoms with Gasteiger partial charge in [-0.25, -0.2) is 4.68 Å². The largest absolute Gasteiger partial charge is 0.486 e. The Morgan fingerprint density at radius 2 is 2.04 bits per heavy atom. The van der Waals surface area contributed by atoms with Gasteiger partial charge >= 0.3 is 0 Å². The van der Waals surface area contributed by atoms with Crippen molar-refractivity contribution in [1.29, 1.82) is 0 Å². The van der Waals surface area contributed by atoms with Crippen LogP contribution in [0.15, 0.2) is 18.2 Å². The van der Waals surface area contributed by atoms with Gasteiger partial charge in [0.1, 0.15) is 13.2 Å². The molecule has 0 spiro atoms. The van der Waals surface area contributed by atoms with E-state index in [1.54, 1.807) is 4.68 Å². The summed E-state index contributed by atoms with van der Waals surface area (Å²) in [6.07, 6.45) is 0. The molecule has 1 amide bonds. The Balaban J connectivity index is 1.76. The number of hydrogen-bond acceptors (Lipinski definition) is 6. The predicted octanol–water partition coefficient (Wildman–Crippen LogP) is 0.686. The van der Waals surface area contributed by atoms with E-state index in [-0.39, 0.29) is 5.91 Å². The van der Waals surface area contributed by atoms with Gasteiger partial charge in [-0.2, -0.15) is 0 Å². The monoisotopic (exact) mass is 331 g/mol. The molecule has 128 valence electrons. The van der Waals surface area contributed by atoms with Gasteiger partial charge in [-0.3, -0.25) is 4.79 Å². The van der Waals surface area contributed by atoms with Crippen molar-refractivity contribution in [2.75, 3.05) is 32.8 Å². The fourth-order valence-corrected chi connectivity index (χ4v) is 2.47. The number of nitrogens with one attached hydrogen (secondary N) is 2. The average Bonchev–Trinajstić information content (AvgIpc) is 2.99. The average molecular weight is 331 g/mol. The van der Waals surface area contributed by atoms with Crippen molar-refractivity contribution in [2.24, 2.45) is 0 Å². The Morgan fingerprint density at radius 1 is 1.25 bits per heavy atom. The molecular weight excluding hydrogens is 310 g/mol. The second-order valence-corrected chi connectivity index (χ2v) is 5.37. The fourth-order valence-electron chi connectivity index (χ4n) is 2.47. The van der Waals surface area contributed by atoms with Gasteiger partial charge < -0.3 is 20.1 Å². The van der Waals surface area contributed by atoms with E-state index in [1.165, 1.54) is 0 Å². The van der Waals surface area contributed by atoms with Crippen molar-refractivity contribution in [3.8, 4) is 17.2 Å². The second kappa shape index (κ2) is 7.31. The summed E-state index contributed by atoms with van der Waals surface area (Å²) < 4.78 is 12.7. The van der Waals surface area contributed by atoms with Crippen LogP contribution in [0.1, 0.15) is 23.1 Å². The van der Waals surface area contributed by atoms with Crippen molar-refractivity contribution in [2.45, 2.75) is 13.8 Å². The molecule has 2 heterocycles. The molecule has 0 unspecified atom stereocenters. The lowest BCUT2D eigenvalue weighted by atomic mass is 10.2. The molecule has 1 aromatic carbocycles. The van der Waals surface area contributed by atoms with Crippen LogP contribution in [0.25, 0.3) is 5.69 Å². The summed E-state index contributed by atoms with van der Waals surface area (Å²) in [5.41, 5.74) is 1.77. The molecule has 0 bridgehead atoms. The minimum atomic E-state index is -0.228. The first-order valence-electron chi connectivity index (χ1n) is 8.02. The number of ether oxygens (including phenoxy) is 2. The van der Waals surface area contributed by atoms with Crippen LogP contribution in [0.2, 0.25) is 0 Å². The highest BCUT2D eigenvalue weighted by molar-refractivity contribution is 5.93. The summed E-state index contributed by atoms with van der Waals surface area (Å²) in [6.45, 7) is 7.04. The van der Waals surface area contributed by atoms with Gasteiger partial charge in [0.2, 0.25) is 0 Å². The lowest BCUT2D eigenvalue weighted by Crippen LogP contribution is -2.32. The van der Waals surface area contributed by atoms with Crippen LogP contribution in [0, 0.1) is 6.92 Å². The Bertz CT molecular complexity index is 728. The molecule has 8 nitrogen and oxygen atoms in total. The number of likely N-dealkylation sites (N-methyl/N-ethyl adjacent to an activating group) is 1. The number of fused-ring (bicyclic) bond motifs is 1. The first-order chi connectivity index (χ1) is 11.7. The third-order valence-electron chi connectivity index (χ3n) is 3.72. The zero-order valence-corrected chi connectivity index (χ0v) is 13.8. The van der Waals surface area contributed by atoms with Gasteiger partial charge in [-0.15, -0.1) is 5.10 Å². The van der Waals surface area contributed by atoms with Crippen LogP contribution >= 0.6 is 0 Å². The minimum absolute atomic E-state index is 0.228. The van der Waals surface area contributed by atoms with Crippen LogP contribution in [0.5, 0.6) is 11.5 Å². The third-order valence-corrected chi connectivity index (χ3v) is 3.72. The second-order valence-electron chi connectivity index (χ2n) is 5.37. The van der Waals surface area contributed by atoms with Crippen LogP contribution < -0.4 is 20.1 Å². The van der Waals surface area contributed by atoms with E-state index in [2.05, 4.69) is 20.9 Å². The number of hydrogen-bond donors (Lipinski definition) is 2. The molecular formula is C16H21N5O3. The molecule has 0 radical (unpaired) electrons. The molecule has 24 heavy (non-hydrogen) atoms. The maximum absolute atomic E-state index is 12.2. The molecule has 8 heteroatoms. The van der Waals surface area contributed by atoms with Crippen molar-refractivity contribution in [3.63, 3.8) is 0 Å². The van der Waals surface area contributed by atoms with E-state index < -0.39 is 0 Å². The standard InChI is InChI=1S/C16H21N5O3/c1-3-17-6-7-18-16(22)15-11(2)21(20-19-15)12-4-5-13-14(10-12)24-9-8-23-13/h4-5,10,17H,3,6-9H2,1-2H3,(H,18,22). The predicted molar refractivity (Wildman–Crippen MR) is 88.0 cm³/mol. The van der Waals surface area contributed by atoms with E-state index >= 15 is 0 Å². The van der Waals surface area contributed by atoms with Gasteiger partial charge in [-0.1, -0.05) is 12.1 Å². The normalized spacial score (nSPS) is 12.9. The molecule has 0 aliphatic carbocycles. The van der Waals surface area contributed by atoms with Crippen molar-refractivity contribution >= 4 is 5.91 Å². The summed E-state index contributed by atoms with van der Waals surface area (Å²) >= 11 is 0. The molecule has 1 aromatic heterocycles. The van der Waals surface area contributed by atoms with Crippen LogP contribution in [0.4, 0.5) is 0 Å². The topological polar surface area (TPSA) is 90.3 Å². The van der Waals surface area contributed by atoms with E-state index in [1.807, 2.05) is 32.0 Å². The lowest BCUT2D eigenvalue weighted by molar-refractivity contribution is 0.0948. The van der Waals surface area contributed by atoms with Crippen molar-refractivity contribution in [1.82, 2.24) is 25.6 Å². The van der Waals surface area contributed by atoms with E-state index in [0.29, 0.717) is 42.6 Å². The molecule has 1 aliphatic heterocycles. The molecule has 3 rings (SSSR count). The van der Waals surface area contributed by atoms with Gasteiger partial charge in [-0.05, 0) is 25.6 Å². The summed E-state index contributed by atoms with van der Waals surface area (Å²) in [4.78, 5) is 12.2. The number of amides is 1. The van der Waals surface area contributed by atoms with Crippen molar-refractivity contribution in [3.05, 3.63) is 29.6 Å². The van der Waals surface area contributed by atoms with Gasteiger partial charge in [0, 0.05) is 19.2 Å². The Morgan fingerprint density at radius 3 is 2.83 bits per heavy atom. The SMILES string of the molecule is CCNCCNC(=O)c1nnn(-c2ccc3c(c2)OCCO3)c1C. The zero-order chi connectivity index (χ0) is 16.9. The minimum Gasteiger partial charge on any atom is -0.486 e. The first-order valence-corrected chi connectivity index (χ1v) is 8.02. The quantitative estimate of drug-likeness (QED) is 0.757. The molecule has 0 atom stereocenters. The van der Waals surface area contributed by atoms with Gasteiger partial charge in [0.25, 0.3) is 5.91 Å². The molecule has 0 fully saturated rings. The maximum atomic E-state index is 12.2. The molecule has 1 aliphatic rings. The van der Waals surface area contributed by atoms with Crippen LogP contribution in [-0.2, 0) is 0 Å². The molecule has 2 aromatic rings. The number of rotatable bonds is 6. The van der Waals surface area contributed by atoms with Gasteiger partial charge in [0.15, 0.2) is 17.2 Å². The first kappa shape index (κ1) is 16.3. The van der Waals surface area contributed by atoms with E-state index in [4.69, 9.17) is 9.47 Å². The summed E-state index contributed by atoms with van der Waals surface area (Å²) in [5, 5.41) is 14.1. The third kappa shape index (κ3) is 3.33. The zero-order valence-electron chi connectivity index (χ0n) is 13.8. The van der Waals surface area contributed by atoms with Crippen LogP contribution in [-0.4, -0.2) is 53.7 Å². The Hall–Kier alpha value is -2.61. The molecule has 2 N–H and O–H groups in total. The van der Waals surface area contributed by atoms with Crippen molar-refractivity contribution < 1.29 is 14.3 Å². The van der Waals surface area contributed by atoms with E-state index in [0.717, 1.165) is 18.8 Å². The number of carbonyl (C=O) groups excluding carboxylic acids is 1. The number of benzene rings is 1. The number of carbonyl (C=O) groups is 1. The highest BCUT2D eigenvalue weighted by Gasteiger charge is 2.19. The Kier molecular flexibility index (Phi) is 4.95. The molecule has 0 saturated carbocycles. The smallest absolute Gasteiger partial charge is 0.273 e. The summed E-state index contributed by atoms with van der Waals surface area (Å²) in [5.74, 6) is 1.16. The highest BCUT2D eigenvalue weighted by atomic mass is 16.6. The number of aromatic nitrogens is 3. The maximum Gasteiger partial charge on any atom is 0.273 e. The highest BCUT2D eigenvalue weighted by Crippen LogP contribution is 2.32.